The topological polar surface area (TPSA) is 54.0 Å². The number of piperazine rings is 1. The number of carbonyl (C=O) groups is 1. The van der Waals surface area contributed by atoms with Crippen molar-refractivity contribution in [1.82, 2.24) is 15.1 Å². The van der Waals surface area contributed by atoms with Gasteiger partial charge in [-0.05, 0) is 30.2 Å². The van der Waals surface area contributed by atoms with Crippen LogP contribution in [0, 0.1) is 0 Å². The summed E-state index contributed by atoms with van der Waals surface area (Å²) in [6, 6.07) is 16.1. The van der Waals surface area contributed by atoms with Crippen LogP contribution in [0.3, 0.4) is 0 Å². The van der Waals surface area contributed by atoms with E-state index >= 15 is 0 Å². The van der Waals surface area contributed by atoms with Gasteiger partial charge < -0.3 is 14.8 Å². The van der Waals surface area contributed by atoms with E-state index in [0.717, 1.165) is 38.3 Å². The summed E-state index contributed by atoms with van der Waals surface area (Å²) in [6.07, 6.45) is 0. The van der Waals surface area contributed by atoms with Gasteiger partial charge in [0.05, 0.1) is 20.3 Å². The van der Waals surface area contributed by atoms with E-state index in [1.807, 2.05) is 31.2 Å². The molecule has 1 atom stereocenters. The lowest BCUT2D eigenvalue weighted by atomic mass is 10.1. The summed E-state index contributed by atoms with van der Waals surface area (Å²) in [5.74, 6) is 1.41. The van der Waals surface area contributed by atoms with Crippen molar-refractivity contribution in [3.63, 3.8) is 0 Å². The number of nitrogens with zero attached hydrogens (tertiary/aromatic N) is 2. The van der Waals surface area contributed by atoms with E-state index in [1.54, 1.807) is 14.2 Å². The molecule has 0 bridgehead atoms. The molecular formula is C23H31N3O3. The number of methoxy groups -OCH3 is 2. The van der Waals surface area contributed by atoms with Crippen molar-refractivity contribution >= 4 is 5.91 Å². The average Bonchev–Trinajstić information content (AvgIpc) is 2.78. The van der Waals surface area contributed by atoms with E-state index in [1.165, 1.54) is 5.56 Å². The van der Waals surface area contributed by atoms with E-state index in [-0.39, 0.29) is 11.9 Å². The van der Waals surface area contributed by atoms with Crippen LogP contribution in [-0.2, 0) is 17.9 Å². The van der Waals surface area contributed by atoms with Crippen molar-refractivity contribution in [2.45, 2.75) is 26.1 Å². The van der Waals surface area contributed by atoms with Crippen LogP contribution in [-0.4, -0.2) is 62.1 Å². The third-order valence-electron chi connectivity index (χ3n) is 5.50. The molecule has 0 unspecified atom stereocenters. The van der Waals surface area contributed by atoms with Crippen LogP contribution in [0.5, 0.6) is 11.5 Å². The van der Waals surface area contributed by atoms with Crippen LogP contribution < -0.4 is 14.8 Å². The van der Waals surface area contributed by atoms with Gasteiger partial charge in [-0.1, -0.05) is 36.4 Å². The molecule has 0 spiro atoms. The van der Waals surface area contributed by atoms with Crippen LogP contribution in [0.15, 0.2) is 48.5 Å². The molecule has 3 rings (SSSR count). The average molecular weight is 398 g/mol. The Labute approximate surface area is 173 Å². The lowest BCUT2D eigenvalue weighted by Crippen LogP contribution is -2.53. The summed E-state index contributed by atoms with van der Waals surface area (Å²) in [6.45, 7) is 7.17. The van der Waals surface area contributed by atoms with Gasteiger partial charge in [-0.15, -0.1) is 0 Å². The van der Waals surface area contributed by atoms with Crippen molar-refractivity contribution in [3.05, 3.63) is 59.7 Å². The molecule has 0 saturated carbocycles. The van der Waals surface area contributed by atoms with E-state index in [2.05, 4.69) is 39.4 Å². The number of carbonyl (C=O) groups excluding carboxylic acids is 1. The summed E-state index contributed by atoms with van der Waals surface area (Å²) in [4.78, 5) is 17.3. The van der Waals surface area contributed by atoms with Crippen molar-refractivity contribution in [1.29, 1.82) is 0 Å². The van der Waals surface area contributed by atoms with Gasteiger partial charge >= 0.3 is 0 Å². The Hall–Kier alpha value is -2.57. The highest BCUT2D eigenvalue weighted by atomic mass is 16.5. The summed E-state index contributed by atoms with van der Waals surface area (Å²) in [7, 11) is 3.22. The fourth-order valence-corrected chi connectivity index (χ4v) is 3.64. The lowest BCUT2D eigenvalue weighted by molar-refractivity contribution is -0.126. The van der Waals surface area contributed by atoms with Crippen LogP contribution in [0.25, 0.3) is 0 Å². The quantitative estimate of drug-likeness (QED) is 0.742. The Bertz CT molecular complexity index is 789. The molecule has 1 amide bonds. The first kappa shape index (κ1) is 21.1. The van der Waals surface area contributed by atoms with Crippen LogP contribution in [0.1, 0.15) is 18.1 Å². The van der Waals surface area contributed by atoms with E-state index in [0.29, 0.717) is 18.0 Å². The maximum Gasteiger partial charge on any atom is 0.237 e. The molecule has 1 fully saturated rings. The third-order valence-corrected chi connectivity index (χ3v) is 5.50. The Balaban J connectivity index is 1.46. The first-order valence-electron chi connectivity index (χ1n) is 10.1. The minimum atomic E-state index is -0.144. The Kier molecular flexibility index (Phi) is 7.49. The number of rotatable bonds is 8. The second-order valence-electron chi connectivity index (χ2n) is 7.38. The zero-order valence-corrected chi connectivity index (χ0v) is 17.6. The van der Waals surface area contributed by atoms with Crippen LogP contribution in [0.4, 0.5) is 0 Å². The molecule has 0 aliphatic carbocycles. The maximum atomic E-state index is 12.6. The number of amides is 1. The van der Waals surface area contributed by atoms with Gasteiger partial charge in [-0.3, -0.25) is 14.6 Å². The third kappa shape index (κ3) is 5.71. The zero-order chi connectivity index (χ0) is 20.6. The Morgan fingerprint density at radius 1 is 0.966 bits per heavy atom. The highest BCUT2D eigenvalue weighted by molar-refractivity contribution is 5.81. The van der Waals surface area contributed by atoms with Crippen LogP contribution >= 0.6 is 0 Å². The maximum absolute atomic E-state index is 12.6. The molecule has 1 heterocycles. The summed E-state index contributed by atoms with van der Waals surface area (Å²) in [5, 5.41) is 3.05. The second-order valence-corrected chi connectivity index (χ2v) is 7.38. The van der Waals surface area contributed by atoms with Crippen molar-refractivity contribution in [3.8, 4) is 11.5 Å². The van der Waals surface area contributed by atoms with Gasteiger partial charge in [0.1, 0.15) is 0 Å². The second kappa shape index (κ2) is 10.3. The summed E-state index contributed by atoms with van der Waals surface area (Å²) < 4.78 is 10.6. The molecule has 2 aromatic rings. The minimum Gasteiger partial charge on any atom is -0.493 e. The van der Waals surface area contributed by atoms with E-state index in [4.69, 9.17) is 9.47 Å². The number of ether oxygens (including phenoxy) is 2. The van der Waals surface area contributed by atoms with E-state index in [9.17, 15) is 4.79 Å². The normalized spacial score (nSPS) is 16.2. The fourth-order valence-electron chi connectivity index (χ4n) is 3.64. The molecule has 6 nitrogen and oxygen atoms in total. The number of hydrogen-bond acceptors (Lipinski definition) is 5. The fraction of sp³-hybridized carbons (Fsp3) is 0.435. The van der Waals surface area contributed by atoms with Gasteiger partial charge in [0.2, 0.25) is 5.91 Å². The SMILES string of the molecule is COc1ccc(CNC(=O)[C@H](C)N2CCN(Cc3ccccc3)CC2)cc1OC. The molecule has 0 aromatic heterocycles. The lowest BCUT2D eigenvalue weighted by Gasteiger charge is -2.37. The first-order chi connectivity index (χ1) is 14.1. The molecule has 1 saturated heterocycles. The molecule has 0 radical (unpaired) electrons. The minimum absolute atomic E-state index is 0.0521. The first-order valence-corrected chi connectivity index (χ1v) is 10.1. The number of hydrogen-bond donors (Lipinski definition) is 1. The molecule has 2 aromatic carbocycles. The molecule has 1 N–H and O–H groups in total. The van der Waals surface area contributed by atoms with Gasteiger partial charge in [0, 0.05) is 39.3 Å². The Morgan fingerprint density at radius 3 is 2.31 bits per heavy atom. The Morgan fingerprint density at radius 2 is 1.66 bits per heavy atom. The van der Waals surface area contributed by atoms with E-state index < -0.39 is 0 Å². The predicted octanol–water partition coefficient (Wildman–Crippen LogP) is 2.53. The largest absolute Gasteiger partial charge is 0.493 e. The monoisotopic (exact) mass is 397 g/mol. The smallest absolute Gasteiger partial charge is 0.237 e. The molecule has 156 valence electrons. The molecule has 6 heteroatoms. The van der Waals surface area contributed by atoms with Gasteiger partial charge in [-0.25, -0.2) is 0 Å². The summed E-state index contributed by atoms with van der Waals surface area (Å²) in [5.41, 5.74) is 2.32. The molecule has 1 aliphatic rings. The van der Waals surface area contributed by atoms with Gasteiger partial charge in [-0.2, -0.15) is 0 Å². The molecule has 1 aliphatic heterocycles. The van der Waals surface area contributed by atoms with Crippen molar-refractivity contribution in [2.75, 3.05) is 40.4 Å². The van der Waals surface area contributed by atoms with Crippen molar-refractivity contribution < 1.29 is 14.3 Å². The van der Waals surface area contributed by atoms with Crippen molar-refractivity contribution in [2.24, 2.45) is 0 Å². The highest BCUT2D eigenvalue weighted by Gasteiger charge is 2.25. The number of benzene rings is 2. The zero-order valence-electron chi connectivity index (χ0n) is 17.6. The standard InChI is InChI=1S/C23H31N3O3/c1-18(23(27)24-16-20-9-10-21(28-2)22(15-20)29-3)26-13-11-25(12-14-26)17-19-7-5-4-6-8-19/h4-10,15,18H,11-14,16-17H2,1-3H3,(H,24,27)/t18-/m0/s1. The van der Waals surface area contributed by atoms with Gasteiger partial charge in [0.25, 0.3) is 0 Å². The highest BCUT2D eigenvalue weighted by Crippen LogP contribution is 2.27. The molecular weight excluding hydrogens is 366 g/mol. The summed E-state index contributed by atoms with van der Waals surface area (Å²) >= 11 is 0. The predicted molar refractivity (Wildman–Crippen MR) is 114 cm³/mol. The van der Waals surface area contributed by atoms with Crippen LogP contribution in [0.2, 0.25) is 0 Å². The molecule has 29 heavy (non-hydrogen) atoms. The number of nitrogens with one attached hydrogen (secondary N) is 1. The van der Waals surface area contributed by atoms with Gasteiger partial charge in [0.15, 0.2) is 11.5 Å².